The average Bonchev–Trinajstić information content (AvgIpc) is 2.99. The van der Waals surface area contributed by atoms with E-state index in [9.17, 15) is 0 Å². The number of hydrogen-bond donors (Lipinski definition) is 0. The van der Waals surface area contributed by atoms with E-state index in [-0.39, 0.29) is 0 Å². The van der Waals surface area contributed by atoms with Crippen molar-refractivity contribution in [2.75, 3.05) is 0 Å². The maximum absolute atomic E-state index is 8.86. The molecule has 3 aromatic rings. The summed E-state index contributed by atoms with van der Waals surface area (Å²) in [4.78, 5) is 4.41. The van der Waals surface area contributed by atoms with Crippen LogP contribution in [0.25, 0.3) is 22.8 Å². The zero-order valence-corrected chi connectivity index (χ0v) is 10.7. The predicted octanol–water partition coefficient (Wildman–Crippen LogP) is 3.47. The van der Waals surface area contributed by atoms with Crippen LogP contribution >= 0.6 is 0 Å². The zero-order chi connectivity index (χ0) is 13.8. The number of hydrogen-bond acceptors (Lipinski definition) is 4. The van der Waals surface area contributed by atoms with Gasteiger partial charge < -0.3 is 4.52 Å². The van der Waals surface area contributed by atoms with Gasteiger partial charge in [-0.2, -0.15) is 10.2 Å². The molecule has 0 aliphatic rings. The van der Waals surface area contributed by atoms with Gasteiger partial charge in [-0.25, -0.2) is 0 Å². The molecule has 0 atom stereocenters. The topological polar surface area (TPSA) is 62.7 Å². The fraction of sp³-hybridized carbons (Fsp3) is 0.0625. The van der Waals surface area contributed by atoms with Gasteiger partial charge in [0.1, 0.15) is 0 Å². The molecule has 3 rings (SSSR count). The van der Waals surface area contributed by atoms with E-state index in [1.807, 2.05) is 54.6 Å². The number of benzene rings is 2. The van der Waals surface area contributed by atoms with E-state index in [0.29, 0.717) is 18.1 Å². The Labute approximate surface area is 116 Å². The SMILES string of the molecule is N#CCc1ccccc1-c1nc(-c2ccccc2)no1. The van der Waals surface area contributed by atoms with Crippen molar-refractivity contribution in [1.82, 2.24) is 10.1 Å². The van der Waals surface area contributed by atoms with Crippen LogP contribution in [0, 0.1) is 11.3 Å². The molecule has 1 heterocycles. The zero-order valence-electron chi connectivity index (χ0n) is 10.7. The molecule has 0 saturated carbocycles. The molecule has 4 heteroatoms. The Kier molecular flexibility index (Phi) is 3.25. The van der Waals surface area contributed by atoms with Crippen LogP contribution in [-0.4, -0.2) is 10.1 Å². The fourth-order valence-electron chi connectivity index (χ4n) is 2.01. The molecule has 0 unspecified atom stereocenters. The summed E-state index contributed by atoms with van der Waals surface area (Å²) >= 11 is 0. The van der Waals surface area contributed by atoms with Gasteiger partial charge in [0.2, 0.25) is 5.82 Å². The number of nitrogens with zero attached hydrogens (tertiary/aromatic N) is 3. The first-order valence-corrected chi connectivity index (χ1v) is 6.23. The third-order valence-corrected chi connectivity index (χ3v) is 2.98. The monoisotopic (exact) mass is 261 g/mol. The highest BCUT2D eigenvalue weighted by Gasteiger charge is 2.13. The highest BCUT2D eigenvalue weighted by atomic mass is 16.5. The molecule has 2 aromatic carbocycles. The second kappa shape index (κ2) is 5.37. The molecule has 4 nitrogen and oxygen atoms in total. The summed E-state index contributed by atoms with van der Waals surface area (Å²) in [6.07, 6.45) is 0.319. The minimum absolute atomic E-state index is 0.319. The van der Waals surface area contributed by atoms with Gasteiger partial charge in [0.05, 0.1) is 12.5 Å². The number of aromatic nitrogens is 2. The van der Waals surface area contributed by atoms with Crippen LogP contribution in [0.3, 0.4) is 0 Å². The van der Waals surface area contributed by atoms with Crippen molar-refractivity contribution >= 4 is 0 Å². The lowest BCUT2D eigenvalue weighted by molar-refractivity contribution is 0.432. The Balaban J connectivity index is 2.01. The van der Waals surface area contributed by atoms with Gasteiger partial charge in [0, 0.05) is 11.1 Å². The largest absolute Gasteiger partial charge is 0.334 e. The third-order valence-electron chi connectivity index (χ3n) is 2.98. The van der Waals surface area contributed by atoms with Crippen LogP contribution < -0.4 is 0 Å². The van der Waals surface area contributed by atoms with Crippen LogP contribution in [0.15, 0.2) is 59.1 Å². The lowest BCUT2D eigenvalue weighted by Crippen LogP contribution is -1.88. The van der Waals surface area contributed by atoms with Crippen LogP contribution in [0.2, 0.25) is 0 Å². The minimum Gasteiger partial charge on any atom is -0.334 e. The summed E-state index contributed by atoms with van der Waals surface area (Å²) in [7, 11) is 0. The molecule has 1 aromatic heterocycles. The summed E-state index contributed by atoms with van der Waals surface area (Å²) in [5, 5.41) is 12.9. The normalized spacial score (nSPS) is 10.2. The molecule has 96 valence electrons. The Morgan fingerprint density at radius 3 is 2.55 bits per heavy atom. The molecule has 20 heavy (non-hydrogen) atoms. The van der Waals surface area contributed by atoms with E-state index < -0.39 is 0 Å². The first kappa shape index (κ1) is 12.1. The smallest absolute Gasteiger partial charge is 0.258 e. The van der Waals surface area contributed by atoms with Gasteiger partial charge in [0.15, 0.2) is 0 Å². The molecule has 0 fully saturated rings. The van der Waals surface area contributed by atoms with E-state index in [4.69, 9.17) is 9.78 Å². The van der Waals surface area contributed by atoms with E-state index in [0.717, 1.165) is 16.7 Å². The predicted molar refractivity (Wildman–Crippen MR) is 74.5 cm³/mol. The van der Waals surface area contributed by atoms with Crippen LogP contribution in [-0.2, 0) is 6.42 Å². The van der Waals surface area contributed by atoms with Gasteiger partial charge in [0.25, 0.3) is 5.89 Å². The molecule has 0 radical (unpaired) electrons. The molecule has 0 N–H and O–H groups in total. The first-order valence-electron chi connectivity index (χ1n) is 6.23. The van der Waals surface area contributed by atoms with Crippen molar-refractivity contribution in [1.29, 1.82) is 5.26 Å². The summed E-state index contributed by atoms with van der Waals surface area (Å²) in [5.41, 5.74) is 2.60. The standard InChI is InChI=1S/C16H11N3O/c17-11-10-12-6-4-5-9-14(12)16-18-15(19-20-16)13-7-2-1-3-8-13/h1-9H,10H2. The van der Waals surface area contributed by atoms with Crippen LogP contribution in [0.5, 0.6) is 0 Å². The molecule has 0 spiro atoms. The van der Waals surface area contributed by atoms with E-state index in [1.165, 1.54) is 0 Å². The van der Waals surface area contributed by atoms with Crippen molar-refractivity contribution in [3.05, 3.63) is 60.2 Å². The Hall–Kier alpha value is -2.93. The van der Waals surface area contributed by atoms with Gasteiger partial charge in [-0.05, 0) is 11.6 Å². The minimum atomic E-state index is 0.319. The second-order valence-electron chi connectivity index (χ2n) is 4.28. The second-order valence-corrected chi connectivity index (χ2v) is 4.28. The van der Waals surface area contributed by atoms with E-state index >= 15 is 0 Å². The highest BCUT2D eigenvalue weighted by molar-refractivity contribution is 5.62. The fourth-order valence-corrected chi connectivity index (χ4v) is 2.01. The van der Waals surface area contributed by atoms with Crippen molar-refractivity contribution in [2.45, 2.75) is 6.42 Å². The van der Waals surface area contributed by atoms with Crippen LogP contribution in [0.1, 0.15) is 5.56 Å². The molecule has 0 aliphatic carbocycles. The summed E-state index contributed by atoms with van der Waals surface area (Å²) in [6, 6.07) is 19.3. The third kappa shape index (κ3) is 2.29. The van der Waals surface area contributed by atoms with E-state index in [2.05, 4.69) is 16.2 Å². The summed E-state index contributed by atoms with van der Waals surface area (Å²) in [5.74, 6) is 0.988. The molecule has 0 saturated heterocycles. The van der Waals surface area contributed by atoms with Crippen molar-refractivity contribution in [2.24, 2.45) is 0 Å². The van der Waals surface area contributed by atoms with Crippen molar-refractivity contribution in [3.63, 3.8) is 0 Å². The summed E-state index contributed by atoms with van der Waals surface area (Å²) in [6.45, 7) is 0. The number of nitriles is 1. The van der Waals surface area contributed by atoms with E-state index in [1.54, 1.807) is 0 Å². The van der Waals surface area contributed by atoms with Gasteiger partial charge >= 0.3 is 0 Å². The Morgan fingerprint density at radius 2 is 1.75 bits per heavy atom. The molecule has 0 amide bonds. The maximum atomic E-state index is 8.86. The van der Waals surface area contributed by atoms with Gasteiger partial charge in [-0.15, -0.1) is 0 Å². The van der Waals surface area contributed by atoms with Gasteiger partial charge in [-0.3, -0.25) is 0 Å². The molecular weight excluding hydrogens is 250 g/mol. The Bertz CT molecular complexity index is 757. The molecule has 0 bridgehead atoms. The van der Waals surface area contributed by atoms with Crippen molar-refractivity contribution in [3.8, 4) is 28.9 Å². The Morgan fingerprint density at radius 1 is 1.00 bits per heavy atom. The van der Waals surface area contributed by atoms with Gasteiger partial charge in [-0.1, -0.05) is 53.7 Å². The van der Waals surface area contributed by atoms with Crippen molar-refractivity contribution < 1.29 is 4.52 Å². The quantitative estimate of drug-likeness (QED) is 0.724. The highest BCUT2D eigenvalue weighted by Crippen LogP contribution is 2.25. The lowest BCUT2D eigenvalue weighted by Gasteiger charge is -2.00. The molecule has 0 aliphatic heterocycles. The molecular formula is C16H11N3O. The average molecular weight is 261 g/mol. The maximum Gasteiger partial charge on any atom is 0.258 e. The summed E-state index contributed by atoms with van der Waals surface area (Å²) < 4.78 is 5.32. The van der Waals surface area contributed by atoms with Crippen LogP contribution in [0.4, 0.5) is 0 Å². The lowest BCUT2D eigenvalue weighted by atomic mass is 10.1. The first-order chi connectivity index (χ1) is 9.88. The number of rotatable bonds is 3.